The molecule has 0 spiro atoms. The fourth-order valence-corrected chi connectivity index (χ4v) is 6.34. The molecule has 0 unspecified atom stereocenters. The van der Waals surface area contributed by atoms with Gasteiger partial charge in [-0.3, -0.25) is 13.9 Å². The van der Waals surface area contributed by atoms with E-state index in [9.17, 15) is 22.4 Å². The number of unbranched alkanes of at least 4 members (excludes halogenated alkanes) is 1. The maximum Gasteiger partial charge on any atom is 0.264 e. The average Bonchev–Trinajstić information content (AvgIpc) is 3.03. The highest BCUT2D eigenvalue weighted by atomic mass is 35.5. The molecule has 7 nitrogen and oxygen atoms in total. The molecule has 0 aliphatic heterocycles. The van der Waals surface area contributed by atoms with Crippen molar-refractivity contribution in [2.75, 3.05) is 17.4 Å². The minimum absolute atomic E-state index is 0.0313. The highest BCUT2D eigenvalue weighted by Crippen LogP contribution is 2.26. The lowest BCUT2D eigenvalue weighted by molar-refractivity contribution is -0.140. The summed E-state index contributed by atoms with van der Waals surface area (Å²) in [6.45, 7) is 1.81. The maximum atomic E-state index is 14.4. The minimum Gasteiger partial charge on any atom is -0.354 e. The Balaban J connectivity index is 1.78. The summed E-state index contributed by atoms with van der Waals surface area (Å²) >= 11 is 6.51. The van der Waals surface area contributed by atoms with Crippen LogP contribution in [0.2, 0.25) is 5.02 Å². The van der Waals surface area contributed by atoms with Gasteiger partial charge in [-0.2, -0.15) is 0 Å². The van der Waals surface area contributed by atoms with Crippen molar-refractivity contribution in [2.45, 2.75) is 43.7 Å². The molecule has 0 heterocycles. The third-order valence-corrected chi connectivity index (χ3v) is 9.28. The van der Waals surface area contributed by atoms with Crippen LogP contribution < -0.4 is 9.62 Å². The van der Waals surface area contributed by atoms with Gasteiger partial charge in [0, 0.05) is 24.5 Å². The number of benzene rings is 4. The number of para-hydroxylation sites is 1. The highest BCUT2D eigenvalue weighted by molar-refractivity contribution is 7.92. The molecule has 0 aromatic heterocycles. The van der Waals surface area contributed by atoms with Crippen LogP contribution in [0.5, 0.6) is 0 Å². The Kier molecular flexibility index (Phi) is 11.5. The summed E-state index contributed by atoms with van der Waals surface area (Å²) in [6.07, 6.45) is 1.84. The second-order valence-electron chi connectivity index (χ2n) is 10.3. The van der Waals surface area contributed by atoms with Gasteiger partial charge in [0.05, 0.1) is 10.6 Å². The number of hydrogen-bond donors (Lipinski definition) is 1. The summed E-state index contributed by atoms with van der Waals surface area (Å²) in [5.74, 6) is -1.54. The Morgan fingerprint density at radius 2 is 1.48 bits per heavy atom. The number of nitrogens with zero attached hydrogens (tertiary/aromatic N) is 2. The van der Waals surface area contributed by atoms with E-state index in [0.717, 1.165) is 47.0 Å². The predicted octanol–water partition coefficient (Wildman–Crippen LogP) is 6.23. The first-order valence-electron chi connectivity index (χ1n) is 14.4. The second-order valence-corrected chi connectivity index (χ2v) is 12.5. The van der Waals surface area contributed by atoms with Gasteiger partial charge in [-0.05, 0) is 60.0 Å². The zero-order valence-corrected chi connectivity index (χ0v) is 26.0. The second kappa shape index (κ2) is 15.5. The van der Waals surface area contributed by atoms with E-state index >= 15 is 0 Å². The molecule has 0 fully saturated rings. The van der Waals surface area contributed by atoms with Crippen LogP contribution in [0, 0.1) is 5.82 Å². The lowest BCUT2D eigenvalue weighted by Gasteiger charge is -2.34. The molecular weight excluding hydrogens is 601 g/mol. The Bertz CT molecular complexity index is 1640. The Labute approximate surface area is 263 Å². The summed E-state index contributed by atoms with van der Waals surface area (Å²) in [6, 6.07) is 28.0. The highest BCUT2D eigenvalue weighted by Gasteiger charge is 2.34. The maximum absolute atomic E-state index is 14.4. The molecule has 0 saturated heterocycles. The first-order chi connectivity index (χ1) is 21.2. The molecule has 4 rings (SSSR count). The normalized spacial score (nSPS) is 11.9. The number of rotatable bonds is 14. The van der Waals surface area contributed by atoms with Crippen LogP contribution in [0.4, 0.5) is 10.1 Å². The quantitative estimate of drug-likeness (QED) is 0.166. The molecule has 0 radical (unpaired) electrons. The molecule has 44 heavy (non-hydrogen) atoms. The van der Waals surface area contributed by atoms with Crippen molar-refractivity contribution in [3.8, 4) is 0 Å². The van der Waals surface area contributed by atoms with Crippen LogP contribution in [0.3, 0.4) is 0 Å². The molecule has 4 aromatic carbocycles. The molecule has 4 aromatic rings. The van der Waals surface area contributed by atoms with E-state index in [4.69, 9.17) is 11.6 Å². The SMILES string of the molecule is CCCCNC(=O)[C@H](Cc1ccccc1)N(Cc1ccccc1Cl)C(=O)CN(c1ccccc1)S(=O)(=O)c1ccc(F)cc1. The van der Waals surface area contributed by atoms with Crippen molar-refractivity contribution < 1.29 is 22.4 Å². The van der Waals surface area contributed by atoms with Crippen molar-refractivity contribution >= 4 is 39.1 Å². The van der Waals surface area contributed by atoms with Gasteiger partial charge in [-0.1, -0.05) is 91.7 Å². The lowest BCUT2D eigenvalue weighted by atomic mass is 10.0. The van der Waals surface area contributed by atoms with Gasteiger partial charge in [0.25, 0.3) is 10.0 Å². The van der Waals surface area contributed by atoms with Crippen LogP contribution in [-0.2, 0) is 32.6 Å². The van der Waals surface area contributed by atoms with Crippen molar-refractivity contribution in [1.29, 1.82) is 0 Å². The van der Waals surface area contributed by atoms with Crippen LogP contribution in [-0.4, -0.2) is 44.3 Å². The van der Waals surface area contributed by atoms with Gasteiger partial charge in [0.15, 0.2) is 0 Å². The van der Waals surface area contributed by atoms with Crippen LogP contribution in [0.1, 0.15) is 30.9 Å². The molecule has 10 heteroatoms. The Morgan fingerprint density at radius 1 is 0.864 bits per heavy atom. The number of halogens is 2. The third kappa shape index (κ3) is 8.45. The molecule has 2 amide bonds. The standard InChI is InChI=1S/C34H35ClFN3O4S/c1-2-3-22-37-34(41)32(23-26-12-6-4-7-13-26)38(24-27-14-10-11-17-31(27)35)33(40)25-39(29-15-8-5-9-16-29)44(42,43)30-20-18-28(36)19-21-30/h4-21,32H,2-3,22-25H2,1H3,(H,37,41)/t32-/m0/s1. The molecule has 1 atom stereocenters. The van der Waals surface area contributed by atoms with Gasteiger partial charge in [0.2, 0.25) is 11.8 Å². The van der Waals surface area contributed by atoms with Crippen molar-refractivity contribution in [2.24, 2.45) is 0 Å². The number of carbonyl (C=O) groups excluding carboxylic acids is 2. The smallest absolute Gasteiger partial charge is 0.264 e. The average molecular weight is 636 g/mol. The van der Waals surface area contributed by atoms with Crippen LogP contribution >= 0.6 is 11.6 Å². The topological polar surface area (TPSA) is 86.8 Å². The number of carbonyl (C=O) groups is 2. The summed E-state index contributed by atoms with van der Waals surface area (Å²) in [4.78, 5) is 29.3. The van der Waals surface area contributed by atoms with Gasteiger partial charge in [0.1, 0.15) is 18.4 Å². The fraction of sp³-hybridized carbons (Fsp3) is 0.235. The van der Waals surface area contributed by atoms with Gasteiger partial charge in [-0.15, -0.1) is 0 Å². The van der Waals surface area contributed by atoms with Gasteiger partial charge < -0.3 is 10.2 Å². The zero-order valence-electron chi connectivity index (χ0n) is 24.4. The van der Waals surface area contributed by atoms with Crippen LogP contribution in [0.25, 0.3) is 0 Å². The molecule has 0 aliphatic carbocycles. The number of nitrogens with one attached hydrogen (secondary N) is 1. The molecule has 0 saturated carbocycles. The van der Waals surface area contributed by atoms with E-state index in [1.807, 2.05) is 37.3 Å². The molecular formula is C34H35ClFN3O4S. The number of anilines is 1. The van der Waals surface area contributed by atoms with E-state index in [1.165, 1.54) is 4.90 Å². The number of hydrogen-bond acceptors (Lipinski definition) is 4. The van der Waals surface area contributed by atoms with Crippen LogP contribution in [0.15, 0.2) is 114 Å². The van der Waals surface area contributed by atoms with Crippen molar-refractivity contribution in [3.05, 3.63) is 131 Å². The Hall–Kier alpha value is -4.21. The lowest BCUT2D eigenvalue weighted by Crippen LogP contribution is -2.53. The summed E-state index contributed by atoms with van der Waals surface area (Å²) in [5, 5.41) is 3.36. The summed E-state index contributed by atoms with van der Waals surface area (Å²) < 4.78 is 42.5. The molecule has 1 N–H and O–H groups in total. The first kappa shape index (κ1) is 32.7. The van der Waals surface area contributed by atoms with E-state index in [1.54, 1.807) is 54.6 Å². The van der Waals surface area contributed by atoms with Crippen molar-refractivity contribution in [1.82, 2.24) is 10.2 Å². The summed E-state index contributed by atoms with van der Waals surface area (Å²) in [7, 11) is -4.31. The zero-order chi connectivity index (χ0) is 31.5. The van der Waals surface area contributed by atoms with Gasteiger partial charge in [-0.25, -0.2) is 12.8 Å². The van der Waals surface area contributed by atoms with E-state index in [0.29, 0.717) is 17.1 Å². The van der Waals surface area contributed by atoms with E-state index < -0.39 is 34.3 Å². The Morgan fingerprint density at radius 3 is 2.11 bits per heavy atom. The molecule has 0 aliphatic rings. The number of sulfonamides is 1. The number of amides is 2. The third-order valence-electron chi connectivity index (χ3n) is 7.12. The largest absolute Gasteiger partial charge is 0.354 e. The van der Waals surface area contributed by atoms with E-state index in [2.05, 4.69) is 5.32 Å². The first-order valence-corrected chi connectivity index (χ1v) is 16.2. The summed E-state index contributed by atoms with van der Waals surface area (Å²) in [5.41, 5.74) is 1.68. The molecule has 0 bridgehead atoms. The fourth-order valence-electron chi connectivity index (χ4n) is 4.73. The predicted molar refractivity (Wildman–Crippen MR) is 171 cm³/mol. The van der Waals surface area contributed by atoms with Crippen molar-refractivity contribution in [3.63, 3.8) is 0 Å². The van der Waals surface area contributed by atoms with Gasteiger partial charge >= 0.3 is 0 Å². The monoisotopic (exact) mass is 635 g/mol. The van der Waals surface area contributed by atoms with E-state index in [-0.39, 0.29) is 29.5 Å². The molecule has 230 valence electrons. The minimum atomic E-state index is -4.31.